The normalized spacial score (nSPS) is 11.6. The van der Waals surface area contributed by atoms with Crippen LogP contribution in [0.25, 0.3) is 98.6 Å². The Labute approximate surface area is 347 Å². The Bertz CT molecular complexity index is 3440. The van der Waals surface area contributed by atoms with Gasteiger partial charge in [-0.1, -0.05) is 182 Å². The molecule has 0 bridgehead atoms. The lowest BCUT2D eigenvalue weighted by Gasteiger charge is -2.13. The monoisotopic (exact) mass is 771 g/mol. The predicted molar refractivity (Wildman–Crippen MR) is 251 cm³/mol. The lowest BCUT2D eigenvalue weighted by Crippen LogP contribution is -2.03. The Balaban J connectivity index is 0.972. The molecule has 0 aliphatic carbocycles. The van der Waals surface area contributed by atoms with Crippen molar-refractivity contribution in [2.45, 2.75) is 11.8 Å². The average molecular weight is 772 g/mol. The molecule has 0 aliphatic rings. The van der Waals surface area contributed by atoms with Crippen LogP contribution in [-0.4, -0.2) is 14.5 Å². The van der Waals surface area contributed by atoms with Crippen molar-refractivity contribution in [2.24, 2.45) is 0 Å². The summed E-state index contributed by atoms with van der Waals surface area (Å²) >= 11 is 1.74. The van der Waals surface area contributed by atoms with Crippen molar-refractivity contribution in [3.63, 3.8) is 0 Å². The van der Waals surface area contributed by atoms with E-state index >= 15 is 0 Å². The van der Waals surface area contributed by atoms with Crippen molar-refractivity contribution in [3.05, 3.63) is 212 Å². The number of rotatable bonds is 7. The molecule has 0 radical (unpaired) electrons. The molecule has 2 aromatic heterocycles. The Morgan fingerprint density at radius 1 is 0.475 bits per heavy atom. The summed E-state index contributed by atoms with van der Waals surface area (Å²) < 4.78 is 2.22. The van der Waals surface area contributed by atoms with Gasteiger partial charge in [0.1, 0.15) is 0 Å². The molecule has 278 valence electrons. The van der Waals surface area contributed by atoms with Crippen LogP contribution in [-0.2, 0) is 0 Å². The highest BCUT2D eigenvalue weighted by atomic mass is 32.2. The average Bonchev–Trinajstić information content (AvgIpc) is 3.62. The van der Waals surface area contributed by atoms with Crippen LogP contribution < -0.4 is 0 Å². The Hall–Kier alpha value is -7.27. The van der Waals surface area contributed by atoms with E-state index in [4.69, 9.17) is 9.97 Å². The quantitative estimate of drug-likeness (QED) is 0.151. The van der Waals surface area contributed by atoms with E-state index in [9.17, 15) is 0 Å². The minimum Gasteiger partial charge on any atom is -0.278 e. The number of para-hydroxylation sites is 2. The summed E-state index contributed by atoms with van der Waals surface area (Å²) in [4.78, 5) is 12.8. The largest absolute Gasteiger partial charge is 0.278 e. The van der Waals surface area contributed by atoms with E-state index in [1.54, 1.807) is 11.8 Å². The Morgan fingerprint density at radius 2 is 1.07 bits per heavy atom. The minimum atomic E-state index is 0.652. The standard InChI is InChI=1S/C55H37N3S/c1-35-33-41(30-32-53(35)59-36(2)43-21-11-15-37-13-3-5-17-44(37)43)42-29-31-52-49(34-42)47-19-8-10-24-51(47)58(52)55-56-50-23-9-7-20-48(50)54(57-55)40-27-25-39(26-28-40)46-22-12-16-38-14-4-6-18-45(38)46/h3-34H,2H2,1H3. The van der Waals surface area contributed by atoms with E-state index in [2.05, 4.69) is 212 Å². The fourth-order valence-corrected chi connectivity index (χ4v) is 9.55. The lowest BCUT2D eigenvalue weighted by molar-refractivity contribution is 1.01. The van der Waals surface area contributed by atoms with Crippen LogP contribution in [0, 0.1) is 6.92 Å². The van der Waals surface area contributed by atoms with Gasteiger partial charge in [0, 0.05) is 31.5 Å². The highest BCUT2D eigenvalue weighted by Crippen LogP contribution is 2.41. The van der Waals surface area contributed by atoms with Crippen molar-refractivity contribution < 1.29 is 0 Å². The number of aryl methyl sites for hydroxylation is 1. The molecule has 9 aromatic carbocycles. The maximum Gasteiger partial charge on any atom is 0.235 e. The van der Waals surface area contributed by atoms with Crippen molar-refractivity contribution in [3.8, 4) is 39.5 Å². The van der Waals surface area contributed by atoms with Crippen LogP contribution >= 0.6 is 11.8 Å². The van der Waals surface area contributed by atoms with Gasteiger partial charge in [-0.3, -0.25) is 4.57 Å². The molecule has 0 N–H and O–H groups in total. The molecular weight excluding hydrogens is 735 g/mol. The van der Waals surface area contributed by atoms with Gasteiger partial charge in [-0.2, -0.15) is 0 Å². The van der Waals surface area contributed by atoms with Gasteiger partial charge in [0.2, 0.25) is 5.95 Å². The summed E-state index contributed by atoms with van der Waals surface area (Å²) in [6.07, 6.45) is 0. The number of benzene rings is 9. The number of nitrogens with zero attached hydrogens (tertiary/aromatic N) is 3. The topological polar surface area (TPSA) is 30.7 Å². The zero-order chi connectivity index (χ0) is 39.5. The van der Waals surface area contributed by atoms with Crippen LogP contribution in [0.5, 0.6) is 0 Å². The van der Waals surface area contributed by atoms with Crippen LogP contribution in [0.4, 0.5) is 0 Å². The van der Waals surface area contributed by atoms with Crippen LogP contribution in [0.1, 0.15) is 11.1 Å². The first-order valence-corrected chi connectivity index (χ1v) is 20.7. The molecule has 0 spiro atoms. The summed E-state index contributed by atoms with van der Waals surface area (Å²) in [5, 5.41) is 8.29. The van der Waals surface area contributed by atoms with E-state index in [0.717, 1.165) is 48.9 Å². The number of thioether (sulfide) groups is 1. The summed E-state index contributed by atoms with van der Waals surface area (Å²) in [6.45, 7) is 6.69. The first-order valence-electron chi connectivity index (χ1n) is 19.9. The molecule has 59 heavy (non-hydrogen) atoms. The molecule has 0 aliphatic heterocycles. The third-order valence-corrected chi connectivity index (χ3v) is 12.7. The molecule has 0 saturated carbocycles. The van der Waals surface area contributed by atoms with E-state index in [-0.39, 0.29) is 0 Å². The van der Waals surface area contributed by atoms with Gasteiger partial charge in [-0.25, -0.2) is 9.97 Å². The fraction of sp³-hybridized carbons (Fsp3) is 0.0182. The minimum absolute atomic E-state index is 0.652. The second-order valence-electron chi connectivity index (χ2n) is 15.1. The third-order valence-electron chi connectivity index (χ3n) is 11.6. The van der Waals surface area contributed by atoms with E-state index in [1.807, 2.05) is 0 Å². The fourth-order valence-electron chi connectivity index (χ4n) is 8.64. The zero-order valence-electron chi connectivity index (χ0n) is 32.4. The second kappa shape index (κ2) is 14.3. The molecule has 0 amide bonds. The SMILES string of the molecule is C=C(Sc1ccc(-c2ccc3c(c2)c2ccccc2n3-c2nc(-c3ccc(-c4cccc5ccccc45)cc3)c3ccccc3n2)cc1C)c1cccc2ccccc12. The highest BCUT2D eigenvalue weighted by Gasteiger charge is 2.18. The van der Waals surface area contributed by atoms with Gasteiger partial charge in [0.15, 0.2) is 0 Å². The molecule has 2 heterocycles. The number of hydrogen-bond donors (Lipinski definition) is 0. The first kappa shape index (κ1) is 34.9. The molecular formula is C55H37N3S. The molecule has 0 saturated heterocycles. The maximum absolute atomic E-state index is 5.37. The third kappa shape index (κ3) is 6.08. The predicted octanol–water partition coefficient (Wildman–Crippen LogP) is 15.1. The zero-order valence-corrected chi connectivity index (χ0v) is 33.2. The molecule has 4 heteroatoms. The Morgan fingerprint density at radius 3 is 1.88 bits per heavy atom. The summed E-state index contributed by atoms with van der Waals surface area (Å²) in [5.41, 5.74) is 12.2. The molecule has 0 atom stereocenters. The van der Waals surface area contributed by atoms with Gasteiger partial charge in [-0.15, -0.1) is 0 Å². The Kier molecular flexibility index (Phi) is 8.46. The van der Waals surface area contributed by atoms with Crippen LogP contribution in [0.15, 0.2) is 206 Å². The smallest absolute Gasteiger partial charge is 0.235 e. The van der Waals surface area contributed by atoms with Crippen molar-refractivity contribution in [1.82, 2.24) is 14.5 Å². The molecule has 11 rings (SSSR count). The first-order chi connectivity index (χ1) is 29.1. The van der Waals surface area contributed by atoms with Crippen molar-refractivity contribution >= 4 is 70.9 Å². The number of hydrogen-bond acceptors (Lipinski definition) is 3. The highest BCUT2D eigenvalue weighted by molar-refractivity contribution is 8.08. The molecule has 0 unspecified atom stereocenters. The van der Waals surface area contributed by atoms with Gasteiger partial charge in [0.25, 0.3) is 0 Å². The molecule has 11 aromatic rings. The summed E-state index contributed by atoms with van der Waals surface area (Å²) in [6, 6.07) is 69.3. The summed E-state index contributed by atoms with van der Waals surface area (Å²) in [5.74, 6) is 0.652. The van der Waals surface area contributed by atoms with Crippen molar-refractivity contribution in [1.29, 1.82) is 0 Å². The molecule has 0 fully saturated rings. The van der Waals surface area contributed by atoms with Crippen LogP contribution in [0.2, 0.25) is 0 Å². The van der Waals surface area contributed by atoms with E-state index < -0.39 is 0 Å². The maximum atomic E-state index is 5.37. The number of aromatic nitrogens is 3. The second-order valence-corrected chi connectivity index (χ2v) is 16.2. The van der Waals surface area contributed by atoms with Crippen molar-refractivity contribution in [2.75, 3.05) is 0 Å². The van der Waals surface area contributed by atoms with Crippen LogP contribution in [0.3, 0.4) is 0 Å². The van der Waals surface area contributed by atoms with Gasteiger partial charge < -0.3 is 0 Å². The van der Waals surface area contributed by atoms with Gasteiger partial charge in [-0.05, 0) is 92.2 Å². The summed E-state index contributed by atoms with van der Waals surface area (Å²) in [7, 11) is 0. The van der Waals surface area contributed by atoms with E-state index in [1.165, 1.54) is 59.8 Å². The van der Waals surface area contributed by atoms with Gasteiger partial charge >= 0.3 is 0 Å². The lowest BCUT2D eigenvalue weighted by atomic mass is 9.96. The van der Waals surface area contributed by atoms with E-state index in [0.29, 0.717) is 5.95 Å². The molecule has 3 nitrogen and oxygen atoms in total. The number of fused-ring (bicyclic) bond motifs is 6. The van der Waals surface area contributed by atoms with Gasteiger partial charge in [0.05, 0.1) is 22.2 Å².